The zero-order chi connectivity index (χ0) is 23.7. The summed E-state index contributed by atoms with van der Waals surface area (Å²) in [5, 5.41) is 16.0. The van der Waals surface area contributed by atoms with Gasteiger partial charge in [-0.05, 0) is 63.3 Å². The highest BCUT2D eigenvalue weighted by atomic mass is 32.2. The number of likely N-dealkylation sites (N-methyl/N-ethyl adjacent to an activating group) is 1. The molecule has 0 radical (unpaired) electrons. The third-order valence-corrected chi connectivity index (χ3v) is 8.29. The van der Waals surface area contributed by atoms with Crippen molar-refractivity contribution in [2.75, 3.05) is 13.6 Å². The summed E-state index contributed by atoms with van der Waals surface area (Å²) in [5.74, 6) is -0.895. The highest BCUT2D eigenvalue weighted by Gasteiger charge is 2.32. The lowest BCUT2D eigenvalue weighted by Gasteiger charge is -2.22. The molecule has 0 bridgehead atoms. The molecular formula is C22H27FN2O5S2. The quantitative estimate of drug-likeness (QED) is 0.498. The number of benzene rings is 1. The fourth-order valence-electron chi connectivity index (χ4n) is 3.23. The summed E-state index contributed by atoms with van der Waals surface area (Å²) in [6.45, 7) is 5.01. The summed E-state index contributed by atoms with van der Waals surface area (Å²) in [5.41, 5.74) is 0.939. The molecule has 174 valence electrons. The number of nitrogens with zero attached hydrogens (tertiary/aromatic N) is 2. The van der Waals surface area contributed by atoms with Gasteiger partial charge >= 0.3 is 5.97 Å². The first-order valence-corrected chi connectivity index (χ1v) is 12.5. The van der Waals surface area contributed by atoms with Crippen LogP contribution in [-0.2, 0) is 26.1 Å². The Kier molecular flexibility index (Phi) is 7.18. The number of aliphatic hydroxyl groups excluding tert-OH is 1. The van der Waals surface area contributed by atoms with Crippen LogP contribution in [0, 0.1) is 11.2 Å². The van der Waals surface area contributed by atoms with Crippen molar-refractivity contribution in [1.82, 2.24) is 4.31 Å². The van der Waals surface area contributed by atoms with Crippen molar-refractivity contribution >= 4 is 33.0 Å². The van der Waals surface area contributed by atoms with Gasteiger partial charge in [0.05, 0.1) is 27.0 Å². The second-order valence-corrected chi connectivity index (χ2v) is 11.7. The number of rotatable bonds is 6. The molecule has 1 aromatic carbocycles. The van der Waals surface area contributed by atoms with E-state index in [1.54, 1.807) is 26.2 Å². The molecule has 1 aliphatic rings. The first-order chi connectivity index (χ1) is 14.9. The van der Waals surface area contributed by atoms with Crippen LogP contribution in [-0.4, -0.2) is 43.1 Å². The Balaban J connectivity index is 1.81. The summed E-state index contributed by atoms with van der Waals surface area (Å²) in [7, 11) is -2.48. The number of halogens is 1. The highest BCUT2D eigenvalue weighted by Crippen LogP contribution is 2.35. The molecule has 1 heterocycles. The summed E-state index contributed by atoms with van der Waals surface area (Å²) in [6.07, 6.45) is 0.733. The fraction of sp³-hybridized carbons (Fsp3) is 0.455. The SMILES string of the molecule is CN(CC(O)c1ccc(F)cc1)S(=O)(=O)c1csc2c1CCC/C2=N/OC(=O)C(C)(C)C. The predicted octanol–water partition coefficient (Wildman–Crippen LogP) is 3.87. The van der Waals surface area contributed by atoms with Crippen LogP contribution in [0.5, 0.6) is 0 Å². The molecule has 0 fully saturated rings. The number of thiophene rings is 1. The number of carbonyl (C=O) groups is 1. The van der Waals surface area contributed by atoms with Gasteiger partial charge in [-0.1, -0.05) is 17.3 Å². The Hall–Kier alpha value is -2.14. The van der Waals surface area contributed by atoms with Gasteiger partial charge in [0.1, 0.15) is 5.82 Å². The minimum atomic E-state index is -3.88. The minimum Gasteiger partial charge on any atom is -0.387 e. The van der Waals surface area contributed by atoms with Crippen LogP contribution in [0.2, 0.25) is 0 Å². The monoisotopic (exact) mass is 482 g/mol. The highest BCUT2D eigenvalue weighted by molar-refractivity contribution is 7.89. The van der Waals surface area contributed by atoms with Gasteiger partial charge in [-0.2, -0.15) is 4.31 Å². The molecule has 1 unspecified atom stereocenters. The molecule has 1 aliphatic carbocycles. The molecular weight excluding hydrogens is 455 g/mol. The molecule has 0 spiro atoms. The molecule has 0 saturated carbocycles. The Morgan fingerprint density at radius 1 is 1.28 bits per heavy atom. The van der Waals surface area contributed by atoms with Gasteiger partial charge in [-0.25, -0.2) is 17.6 Å². The largest absolute Gasteiger partial charge is 0.387 e. The molecule has 2 aromatic rings. The third kappa shape index (κ3) is 5.25. The molecule has 0 saturated heterocycles. The van der Waals surface area contributed by atoms with Gasteiger partial charge in [-0.3, -0.25) is 0 Å². The molecule has 1 atom stereocenters. The van der Waals surface area contributed by atoms with Crippen LogP contribution >= 0.6 is 11.3 Å². The Labute approximate surface area is 191 Å². The number of carbonyl (C=O) groups excluding carboxylic acids is 1. The standard InChI is InChI=1S/C22H27FN2O5S2/c1-22(2,3)21(27)30-24-17-7-5-6-16-19(13-31-20(16)17)32(28,29)25(4)12-18(26)14-8-10-15(23)11-9-14/h8-11,13,18,26H,5-7,12H2,1-4H3/b24-17-. The maximum Gasteiger partial charge on any atom is 0.340 e. The van der Waals surface area contributed by atoms with Crippen LogP contribution in [0.3, 0.4) is 0 Å². The van der Waals surface area contributed by atoms with Crippen molar-refractivity contribution in [3.05, 3.63) is 51.5 Å². The van der Waals surface area contributed by atoms with Gasteiger partial charge in [0, 0.05) is 19.0 Å². The molecule has 32 heavy (non-hydrogen) atoms. The lowest BCUT2D eigenvalue weighted by atomic mass is 9.97. The number of hydrogen-bond donors (Lipinski definition) is 1. The maximum absolute atomic E-state index is 13.2. The van der Waals surface area contributed by atoms with E-state index in [4.69, 9.17) is 4.84 Å². The minimum absolute atomic E-state index is 0.167. The first-order valence-electron chi connectivity index (χ1n) is 10.2. The number of hydrogen-bond acceptors (Lipinski definition) is 7. The molecule has 1 aromatic heterocycles. The third-order valence-electron chi connectivity index (χ3n) is 5.18. The van der Waals surface area contributed by atoms with Crippen LogP contribution in [0.4, 0.5) is 4.39 Å². The zero-order valence-electron chi connectivity index (χ0n) is 18.5. The topological polar surface area (TPSA) is 96.3 Å². The predicted molar refractivity (Wildman–Crippen MR) is 121 cm³/mol. The number of fused-ring (bicyclic) bond motifs is 1. The average Bonchev–Trinajstić information content (AvgIpc) is 3.17. The van der Waals surface area contributed by atoms with Crippen LogP contribution < -0.4 is 0 Å². The van der Waals surface area contributed by atoms with Crippen molar-refractivity contribution in [3.8, 4) is 0 Å². The van der Waals surface area contributed by atoms with E-state index in [-0.39, 0.29) is 11.4 Å². The van der Waals surface area contributed by atoms with Crippen molar-refractivity contribution in [3.63, 3.8) is 0 Å². The molecule has 7 nitrogen and oxygen atoms in total. The van der Waals surface area contributed by atoms with Crippen molar-refractivity contribution < 1.29 is 27.5 Å². The second kappa shape index (κ2) is 9.38. The van der Waals surface area contributed by atoms with Gasteiger partial charge in [0.15, 0.2) is 0 Å². The summed E-state index contributed by atoms with van der Waals surface area (Å²) in [4.78, 5) is 18.0. The summed E-state index contributed by atoms with van der Waals surface area (Å²) >= 11 is 1.25. The molecule has 0 aliphatic heterocycles. The van der Waals surface area contributed by atoms with Crippen LogP contribution in [0.1, 0.15) is 55.7 Å². The Morgan fingerprint density at radius 2 is 1.94 bits per heavy atom. The number of aliphatic hydroxyl groups is 1. The van der Waals surface area contributed by atoms with Gasteiger partial charge in [0.25, 0.3) is 0 Å². The van der Waals surface area contributed by atoms with E-state index in [0.717, 1.165) is 4.31 Å². The van der Waals surface area contributed by atoms with Crippen molar-refractivity contribution in [1.29, 1.82) is 0 Å². The van der Waals surface area contributed by atoms with Crippen molar-refractivity contribution in [2.24, 2.45) is 10.6 Å². The Bertz CT molecular complexity index is 1120. The van der Waals surface area contributed by atoms with E-state index in [0.29, 0.717) is 41.0 Å². The van der Waals surface area contributed by atoms with Gasteiger partial charge < -0.3 is 9.94 Å². The van der Waals surface area contributed by atoms with E-state index in [1.165, 1.54) is 42.6 Å². The van der Waals surface area contributed by atoms with Gasteiger partial charge in [-0.15, -0.1) is 11.3 Å². The number of oxime groups is 1. The smallest absolute Gasteiger partial charge is 0.340 e. The van der Waals surface area contributed by atoms with Crippen molar-refractivity contribution in [2.45, 2.75) is 51.0 Å². The molecule has 10 heteroatoms. The molecule has 0 amide bonds. The lowest BCUT2D eigenvalue weighted by Crippen LogP contribution is -2.32. The van der Waals surface area contributed by atoms with Crippen LogP contribution in [0.25, 0.3) is 0 Å². The lowest BCUT2D eigenvalue weighted by molar-refractivity contribution is -0.152. The molecule has 1 N–H and O–H groups in total. The van der Waals surface area contributed by atoms with E-state index in [2.05, 4.69) is 5.16 Å². The first kappa shape index (κ1) is 24.5. The summed E-state index contributed by atoms with van der Waals surface area (Å²) in [6, 6.07) is 5.29. The summed E-state index contributed by atoms with van der Waals surface area (Å²) < 4.78 is 40.7. The zero-order valence-corrected chi connectivity index (χ0v) is 20.1. The number of sulfonamides is 1. The average molecular weight is 483 g/mol. The van der Waals surface area contributed by atoms with Gasteiger partial charge in [0.2, 0.25) is 10.0 Å². The Morgan fingerprint density at radius 3 is 2.56 bits per heavy atom. The normalized spacial score (nSPS) is 16.8. The van der Waals surface area contributed by atoms with E-state index in [9.17, 15) is 22.7 Å². The maximum atomic E-state index is 13.2. The molecule has 3 rings (SSSR count). The van der Waals surface area contributed by atoms with Crippen LogP contribution in [0.15, 0.2) is 39.7 Å². The van der Waals surface area contributed by atoms with E-state index < -0.39 is 33.3 Å². The second-order valence-electron chi connectivity index (χ2n) is 8.78. The van der Waals surface area contributed by atoms with E-state index in [1.807, 2.05) is 0 Å². The van der Waals surface area contributed by atoms with E-state index >= 15 is 0 Å². The fourth-order valence-corrected chi connectivity index (χ4v) is 6.11.